The van der Waals surface area contributed by atoms with Gasteiger partial charge in [-0.3, -0.25) is 4.90 Å². The van der Waals surface area contributed by atoms with Crippen LogP contribution in [0, 0.1) is 0 Å². The van der Waals surface area contributed by atoms with Crippen molar-refractivity contribution in [3.05, 3.63) is 40.3 Å². The highest BCUT2D eigenvalue weighted by Crippen LogP contribution is 2.41. The molecule has 1 fully saturated rings. The highest BCUT2D eigenvalue weighted by atomic mass is 35.5. The summed E-state index contributed by atoms with van der Waals surface area (Å²) in [5.41, 5.74) is 1.12. The van der Waals surface area contributed by atoms with Gasteiger partial charge in [0.2, 0.25) is 10.0 Å². The van der Waals surface area contributed by atoms with Crippen LogP contribution in [0.5, 0.6) is 0 Å². The fraction of sp³-hybridized carbons (Fsp3) is 0.500. The van der Waals surface area contributed by atoms with Gasteiger partial charge in [0.15, 0.2) is 0 Å². The van der Waals surface area contributed by atoms with Gasteiger partial charge < -0.3 is 5.32 Å². The van der Waals surface area contributed by atoms with Crippen LogP contribution in [0.3, 0.4) is 0 Å². The number of aromatic nitrogens is 2. The van der Waals surface area contributed by atoms with E-state index in [4.69, 9.17) is 23.2 Å². The van der Waals surface area contributed by atoms with Gasteiger partial charge in [0.25, 0.3) is 0 Å². The lowest BCUT2D eigenvalue weighted by atomic mass is 10.1. The second-order valence-electron chi connectivity index (χ2n) is 7.97. The van der Waals surface area contributed by atoms with E-state index in [1.807, 2.05) is 0 Å². The summed E-state index contributed by atoms with van der Waals surface area (Å²) in [5.74, 6) is 2.38. The predicted molar refractivity (Wildman–Crippen MR) is 126 cm³/mol. The zero-order valence-electron chi connectivity index (χ0n) is 17.4. The van der Waals surface area contributed by atoms with E-state index < -0.39 is 10.0 Å². The Balaban J connectivity index is 1.34. The molecule has 2 atom stereocenters. The lowest BCUT2D eigenvalue weighted by Gasteiger charge is -2.35. The Kier molecular flexibility index (Phi) is 7.00. The average molecular weight is 502 g/mol. The first-order chi connectivity index (χ1) is 14.8. The third-order valence-electron chi connectivity index (χ3n) is 5.55. The highest BCUT2D eigenvalue weighted by molar-refractivity contribution is 7.99. The van der Waals surface area contributed by atoms with Crippen LogP contribution < -0.4 is 5.32 Å². The van der Waals surface area contributed by atoms with Gasteiger partial charge in [-0.2, -0.15) is 4.31 Å². The Bertz CT molecular complexity index is 1060. The summed E-state index contributed by atoms with van der Waals surface area (Å²) >= 11 is 13.7. The van der Waals surface area contributed by atoms with E-state index in [-0.39, 0.29) is 16.0 Å². The molecule has 7 nitrogen and oxygen atoms in total. The van der Waals surface area contributed by atoms with Crippen LogP contribution in [0.15, 0.2) is 34.3 Å². The first-order valence-corrected chi connectivity index (χ1v) is 13.4. The van der Waals surface area contributed by atoms with Crippen LogP contribution >= 0.6 is 35.0 Å². The van der Waals surface area contributed by atoms with Crippen molar-refractivity contribution >= 4 is 50.8 Å². The number of piperazine rings is 1. The summed E-state index contributed by atoms with van der Waals surface area (Å²) in [6.07, 6.45) is 1.63. The lowest BCUT2D eigenvalue weighted by molar-refractivity contribution is 0.184. The molecule has 1 unspecified atom stereocenters. The minimum Gasteiger partial charge on any atom is -0.365 e. The van der Waals surface area contributed by atoms with Crippen LogP contribution in [0.4, 0.5) is 5.82 Å². The third-order valence-corrected chi connectivity index (χ3v) is 9.54. The number of sulfonamides is 1. The fourth-order valence-corrected chi connectivity index (χ4v) is 6.91. The third kappa shape index (κ3) is 4.96. The first kappa shape index (κ1) is 23.1. The molecule has 1 aromatic carbocycles. The maximum atomic E-state index is 12.9. The van der Waals surface area contributed by atoms with Gasteiger partial charge in [0.05, 0.1) is 25.5 Å². The van der Waals surface area contributed by atoms with Crippen molar-refractivity contribution in [1.29, 1.82) is 0 Å². The smallest absolute Gasteiger partial charge is 0.243 e. The van der Waals surface area contributed by atoms with Crippen molar-refractivity contribution in [3.63, 3.8) is 0 Å². The maximum absolute atomic E-state index is 12.9. The Labute approximate surface area is 197 Å². The molecule has 4 rings (SSSR count). The van der Waals surface area contributed by atoms with Crippen molar-refractivity contribution in [3.8, 4) is 0 Å². The Morgan fingerprint density at radius 3 is 2.65 bits per heavy atom. The van der Waals surface area contributed by atoms with E-state index in [2.05, 4.69) is 34.0 Å². The van der Waals surface area contributed by atoms with Gasteiger partial charge in [0, 0.05) is 50.4 Å². The topological polar surface area (TPSA) is 78.4 Å². The van der Waals surface area contributed by atoms with Gasteiger partial charge in [-0.05, 0) is 25.1 Å². The number of thioether (sulfide) groups is 1. The second kappa shape index (κ2) is 9.41. The van der Waals surface area contributed by atoms with E-state index in [9.17, 15) is 8.42 Å². The van der Waals surface area contributed by atoms with Crippen molar-refractivity contribution in [1.82, 2.24) is 19.2 Å². The number of nitrogens with one attached hydrogen (secondary N) is 1. The molecule has 0 bridgehead atoms. The Hall–Kier alpha value is -1.10. The molecule has 0 amide bonds. The summed E-state index contributed by atoms with van der Waals surface area (Å²) in [7, 11) is -3.59. The SMILES string of the molecule is CC1CSc2c(N[C@@H](C)CN3CCN(S(=O)(=O)c4ccc(Cl)c(Cl)c4)CC3)ncnc21. The molecule has 168 valence electrons. The number of halogens is 2. The van der Waals surface area contributed by atoms with Crippen LogP contribution in [0.1, 0.15) is 25.5 Å². The van der Waals surface area contributed by atoms with Gasteiger partial charge in [0.1, 0.15) is 12.1 Å². The fourth-order valence-electron chi connectivity index (χ4n) is 3.88. The molecule has 1 aromatic heterocycles. The Morgan fingerprint density at radius 2 is 1.94 bits per heavy atom. The molecule has 2 aliphatic heterocycles. The van der Waals surface area contributed by atoms with E-state index >= 15 is 0 Å². The predicted octanol–water partition coefficient (Wildman–Crippen LogP) is 3.80. The molecule has 3 heterocycles. The number of nitrogens with zero attached hydrogens (tertiary/aromatic N) is 4. The molecule has 31 heavy (non-hydrogen) atoms. The number of fused-ring (bicyclic) bond motifs is 1. The van der Waals surface area contributed by atoms with Gasteiger partial charge >= 0.3 is 0 Å². The molecular formula is C20H25Cl2N5O2S2. The molecule has 0 aliphatic carbocycles. The summed E-state index contributed by atoms with van der Waals surface area (Å²) in [4.78, 5) is 12.5. The van der Waals surface area contributed by atoms with E-state index in [1.165, 1.54) is 22.5 Å². The number of benzene rings is 1. The minimum absolute atomic E-state index is 0.175. The Morgan fingerprint density at radius 1 is 1.19 bits per heavy atom. The summed E-state index contributed by atoms with van der Waals surface area (Å²) in [5, 5.41) is 4.10. The average Bonchev–Trinajstić information content (AvgIpc) is 3.12. The van der Waals surface area contributed by atoms with Crippen molar-refractivity contribution in [2.75, 3.05) is 43.8 Å². The molecule has 1 saturated heterocycles. The monoisotopic (exact) mass is 501 g/mol. The number of rotatable bonds is 6. The molecule has 0 radical (unpaired) electrons. The quantitative estimate of drug-likeness (QED) is 0.644. The van der Waals surface area contributed by atoms with Crippen LogP contribution in [0.2, 0.25) is 10.0 Å². The van der Waals surface area contributed by atoms with Gasteiger partial charge in [-0.15, -0.1) is 11.8 Å². The van der Waals surface area contributed by atoms with Crippen molar-refractivity contribution < 1.29 is 8.42 Å². The van der Waals surface area contributed by atoms with Crippen molar-refractivity contribution in [2.45, 2.75) is 35.6 Å². The standard InChI is InChI=1S/C20H25Cl2N5O2S2/c1-13-11-30-19-18(13)23-12-24-20(19)25-14(2)10-26-5-7-27(8-6-26)31(28,29)15-3-4-16(21)17(22)9-15/h3-4,9,12-14H,5-8,10-11H2,1-2H3,(H,23,24,25)/t13?,14-/m0/s1. The summed E-state index contributed by atoms with van der Waals surface area (Å²) < 4.78 is 27.4. The molecule has 0 spiro atoms. The zero-order valence-corrected chi connectivity index (χ0v) is 20.5. The van der Waals surface area contributed by atoms with Crippen molar-refractivity contribution in [2.24, 2.45) is 0 Å². The molecular weight excluding hydrogens is 477 g/mol. The number of anilines is 1. The normalized spacial score (nSPS) is 21.1. The summed E-state index contributed by atoms with van der Waals surface area (Å²) in [6, 6.07) is 4.61. The van der Waals surface area contributed by atoms with E-state index in [0.717, 1.165) is 28.7 Å². The van der Waals surface area contributed by atoms with E-state index in [0.29, 0.717) is 37.1 Å². The first-order valence-electron chi connectivity index (χ1n) is 10.2. The largest absolute Gasteiger partial charge is 0.365 e. The zero-order chi connectivity index (χ0) is 22.2. The maximum Gasteiger partial charge on any atom is 0.243 e. The lowest BCUT2D eigenvalue weighted by Crippen LogP contribution is -2.50. The molecule has 0 saturated carbocycles. The van der Waals surface area contributed by atoms with Crippen LogP contribution in [0.25, 0.3) is 0 Å². The summed E-state index contributed by atoms with van der Waals surface area (Å²) in [6.45, 7) is 7.32. The molecule has 2 aliphatic rings. The molecule has 2 aromatic rings. The highest BCUT2D eigenvalue weighted by Gasteiger charge is 2.30. The van der Waals surface area contributed by atoms with Gasteiger partial charge in [-0.25, -0.2) is 18.4 Å². The molecule has 11 heteroatoms. The number of hydrogen-bond donors (Lipinski definition) is 1. The number of hydrogen-bond acceptors (Lipinski definition) is 7. The van der Waals surface area contributed by atoms with Crippen LogP contribution in [-0.4, -0.2) is 72.1 Å². The van der Waals surface area contributed by atoms with Crippen LogP contribution in [-0.2, 0) is 10.0 Å². The van der Waals surface area contributed by atoms with E-state index in [1.54, 1.807) is 18.1 Å². The van der Waals surface area contributed by atoms with Gasteiger partial charge in [-0.1, -0.05) is 30.1 Å². The second-order valence-corrected chi connectivity index (χ2v) is 11.8. The molecule has 1 N–H and O–H groups in total. The minimum atomic E-state index is -3.59.